The average Bonchev–Trinajstić information content (AvgIpc) is 3.26. The summed E-state index contributed by atoms with van der Waals surface area (Å²) in [4.78, 5) is 22.8. The smallest absolute Gasteiger partial charge is 0.220 e. The molecule has 0 spiro atoms. The number of imidazole rings is 1. The molecule has 0 aliphatic carbocycles. The first-order valence-corrected chi connectivity index (χ1v) is 10.9. The summed E-state index contributed by atoms with van der Waals surface area (Å²) >= 11 is 0. The minimum atomic E-state index is 0.00388. The molecule has 2 heterocycles. The monoisotopic (exact) mass is 438 g/mol. The highest BCUT2D eigenvalue weighted by Crippen LogP contribution is 2.32. The molecule has 1 aliphatic heterocycles. The van der Waals surface area contributed by atoms with Crippen molar-refractivity contribution in [1.29, 1.82) is 0 Å². The topological polar surface area (TPSA) is 88.7 Å². The van der Waals surface area contributed by atoms with Crippen LogP contribution in [0.25, 0.3) is 11.0 Å². The SMILES string of the molecule is COc1ccc(C(CNC(=O)CCc2nc3ccccc3[nH]2)N2CCOCC2)cc1OC. The number of carbonyl (C=O) groups excluding carboxylic acids is 1. The van der Waals surface area contributed by atoms with Crippen LogP contribution in [0.2, 0.25) is 0 Å². The van der Waals surface area contributed by atoms with Gasteiger partial charge in [0.2, 0.25) is 5.91 Å². The molecule has 0 bridgehead atoms. The lowest BCUT2D eigenvalue weighted by atomic mass is 10.0. The summed E-state index contributed by atoms with van der Waals surface area (Å²) in [7, 11) is 3.25. The van der Waals surface area contributed by atoms with Gasteiger partial charge in [-0.3, -0.25) is 9.69 Å². The van der Waals surface area contributed by atoms with Crippen molar-refractivity contribution in [2.75, 3.05) is 47.1 Å². The molecule has 0 radical (unpaired) electrons. The van der Waals surface area contributed by atoms with E-state index in [4.69, 9.17) is 14.2 Å². The van der Waals surface area contributed by atoms with E-state index in [0.29, 0.717) is 44.1 Å². The van der Waals surface area contributed by atoms with Crippen LogP contribution in [0, 0.1) is 0 Å². The maximum Gasteiger partial charge on any atom is 0.220 e. The van der Waals surface area contributed by atoms with Gasteiger partial charge in [0.15, 0.2) is 11.5 Å². The number of morpholine rings is 1. The molecule has 1 atom stereocenters. The minimum Gasteiger partial charge on any atom is -0.493 e. The Hall–Kier alpha value is -3.10. The molecule has 1 fully saturated rings. The Labute approximate surface area is 187 Å². The van der Waals surface area contributed by atoms with Crippen LogP contribution >= 0.6 is 0 Å². The van der Waals surface area contributed by atoms with Crippen LogP contribution in [0.15, 0.2) is 42.5 Å². The number of nitrogens with zero attached hydrogens (tertiary/aromatic N) is 2. The molecule has 1 amide bonds. The van der Waals surface area contributed by atoms with Crippen molar-refractivity contribution >= 4 is 16.9 Å². The van der Waals surface area contributed by atoms with E-state index in [1.165, 1.54) is 0 Å². The summed E-state index contributed by atoms with van der Waals surface area (Å²) in [6.45, 7) is 3.50. The third-order valence-corrected chi connectivity index (χ3v) is 5.80. The predicted molar refractivity (Wildman–Crippen MR) is 122 cm³/mol. The van der Waals surface area contributed by atoms with E-state index < -0.39 is 0 Å². The molecule has 170 valence electrons. The second-order valence-corrected chi connectivity index (χ2v) is 7.78. The predicted octanol–water partition coefficient (Wildman–Crippen LogP) is 2.70. The zero-order valence-electron chi connectivity index (χ0n) is 18.6. The Morgan fingerprint density at radius 3 is 2.69 bits per heavy atom. The Morgan fingerprint density at radius 2 is 1.94 bits per heavy atom. The molecule has 1 aromatic heterocycles. The van der Waals surface area contributed by atoms with Crippen LogP contribution in [0.4, 0.5) is 0 Å². The van der Waals surface area contributed by atoms with Crippen molar-refractivity contribution < 1.29 is 19.0 Å². The number of aromatic amines is 1. The lowest BCUT2D eigenvalue weighted by Gasteiger charge is -2.35. The summed E-state index contributed by atoms with van der Waals surface area (Å²) in [5.74, 6) is 2.20. The third kappa shape index (κ3) is 5.20. The number of methoxy groups -OCH3 is 2. The average molecular weight is 439 g/mol. The van der Waals surface area contributed by atoms with E-state index in [0.717, 1.165) is 35.5 Å². The summed E-state index contributed by atoms with van der Waals surface area (Å²) in [6, 6.07) is 13.8. The van der Waals surface area contributed by atoms with Crippen molar-refractivity contribution in [3.63, 3.8) is 0 Å². The number of hydrogen-bond acceptors (Lipinski definition) is 6. The highest BCUT2D eigenvalue weighted by Gasteiger charge is 2.24. The van der Waals surface area contributed by atoms with Gasteiger partial charge in [0.25, 0.3) is 0 Å². The summed E-state index contributed by atoms with van der Waals surface area (Å²) in [5, 5.41) is 3.11. The van der Waals surface area contributed by atoms with Crippen LogP contribution in [0.3, 0.4) is 0 Å². The zero-order chi connectivity index (χ0) is 22.3. The van der Waals surface area contributed by atoms with E-state index in [-0.39, 0.29) is 11.9 Å². The molecule has 32 heavy (non-hydrogen) atoms. The lowest BCUT2D eigenvalue weighted by molar-refractivity contribution is -0.121. The Bertz CT molecular complexity index is 1010. The molecule has 0 saturated carbocycles. The number of para-hydroxylation sites is 2. The van der Waals surface area contributed by atoms with E-state index in [9.17, 15) is 4.79 Å². The van der Waals surface area contributed by atoms with E-state index in [2.05, 4.69) is 20.2 Å². The fourth-order valence-electron chi connectivity index (χ4n) is 4.06. The van der Waals surface area contributed by atoms with Gasteiger partial charge in [-0.2, -0.15) is 0 Å². The summed E-state index contributed by atoms with van der Waals surface area (Å²) < 4.78 is 16.4. The van der Waals surface area contributed by atoms with Crippen LogP contribution < -0.4 is 14.8 Å². The highest BCUT2D eigenvalue weighted by atomic mass is 16.5. The van der Waals surface area contributed by atoms with Crippen LogP contribution in [0.1, 0.15) is 23.9 Å². The molecule has 2 N–H and O–H groups in total. The van der Waals surface area contributed by atoms with Crippen molar-refractivity contribution in [2.24, 2.45) is 0 Å². The van der Waals surface area contributed by atoms with Crippen LogP contribution in [0.5, 0.6) is 11.5 Å². The standard InChI is InChI=1S/C24H30N4O4/c1-30-21-8-7-17(15-22(21)31-2)20(28-11-13-32-14-12-28)16-25-24(29)10-9-23-26-18-5-3-4-6-19(18)27-23/h3-8,15,20H,9-14,16H2,1-2H3,(H,25,29)(H,26,27). The number of aromatic nitrogens is 2. The lowest BCUT2D eigenvalue weighted by Crippen LogP contribution is -2.43. The second kappa shape index (κ2) is 10.5. The van der Waals surface area contributed by atoms with Gasteiger partial charge < -0.3 is 24.5 Å². The number of hydrogen-bond donors (Lipinski definition) is 2. The number of amides is 1. The highest BCUT2D eigenvalue weighted by molar-refractivity contribution is 5.77. The summed E-state index contributed by atoms with van der Waals surface area (Å²) in [6.07, 6.45) is 0.945. The molecular formula is C24H30N4O4. The minimum absolute atomic E-state index is 0.00388. The third-order valence-electron chi connectivity index (χ3n) is 5.80. The van der Waals surface area contributed by atoms with E-state index in [1.54, 1.807) is 14.2 Å². The first kappa shape index (κ1) is 22.1. The number of ether oxygens (including phenoxy) is 3. The van der Waals surface area contributed by atoms with Gasteiger partial charge in [0.1, 0.15) is 5.82 Å². The molecule has 1 aliphatic rings. The van der Waals surface area contributed by atoms with Crippen LogP contribution in [-0.2, 0) is 16.0 Å². The molecule has 2 aromatic carbocycles. The number of benzene rings is 2. The van der Waals surface area contributed by atoms with Crippen molar-refractivity contribution in [3.8, 4) is 11.5 Å². The molecule has 8 heteroatoms. The fourth-order valence-corrected chi connectivity index (χ4v) is 4.06. The maximum atomic E-state index is 12.6. The van der Waals surface area contributed by atoms with Crippen molar-refractivity contribution in [1.82, 2.24) is 20.2 Å². The Morgan fingerprint density at radius 1 is 1.16 bits per heavy atom. The van der Waals surface area contributed by atoms with Gasteiger partial charge in [0.05, 0.1) is 44.5 Å². The first-order chi connectivity index (χ1) is 15.7. The fraction of sp³-hybridized carbons (Fsp3) is 0.417. The van der Waals surface area contributed by atoms with Gasteiger partial charge >= 0.3 is 0 Å². The normalized spacial score (nSPS) is 15.4. The van der Waals surface area contributed by atoms with E-state index in [1.807, 2.05) is 42.5 Å². The first-order valence-electron chi connectivity index (χ1n) is 10.9. The molecular weight excluding hydrogens is 408 g/mol. The number of aryl methyl sites for hydroxylation is 1. The quantitative estimate of drug-likeness (QED) is 0.534. The second-order valence-electron chi connectivity index (χ2n) is 7.78. The van der Waals surface area contributed by atoms with Gasteiger partial charge in [0, 0.05) is 32.5 Å². The van der Waals surface area contributed by atoms with Crippen molar-refractivity contribution in [2.45, 2.75) is 18.9 Å². The number of carbonyl (C=O) groups is 1. The van der Waals surface area contributed by atoms with Gasteiger partial charge in [-0.25, -0.2) is 4.98 Å². The number of nitrogens with one attached hydrogen (secondary N) is 2. The Balaban J connectivity index is 1.41. The molecule has 1 saturated heterocycles. The maximum absolute atomic E-state index is 12.6. The Kier molecular flexibility index (Phi) is 7.24. The number of H-pyrrole nitrogens is 1. The number of fused-ring (bicyclic) bond motifs is 1. The molecule has 1 unspecified atom stereocenters. The van der Waals surface area contributed by atoms with Crippen molar-refractivity contribution in [3.05, 3.63) is 53.9 Å². The summed E-state index contributed by atoms with van der Waals surface area (Å²) in [5.41, 5.74) is 2.98. The van der Waals surface area contributed by atoms with Crippen LogP contribution in [-0.4, -0.2) is 67.8 Å². The molecule has 4 rings (SSSR count). The largest absolute Gasteiger partial charge is 0.493 e. The molecule has 8 nitrogen and oxygen atoms in total. The van der Waals surface area contributed by atoms with E-state index >= 15 is 0 Å². The van der Waals surface area contributed by atoms with Gasteiger partial charge in [-0.15, -0.1) is 0 Å². The zero-order valence-corrected chi connectivity index (χ0v) is 18.6. The number of rotatable bonds is 9. The molecule has 3 aromatic rings. The van der Waals surface area contributed by atoms with Gasteiger partial charge in [-0.1, -0.05) is 18.2 Å². The van der Waals surface area contributed by atoms with Gasteiger partial charge in [-0.05, 0) is 29.8 Å².